The zero-order chi connectivity index (χ0) is 13.9. The highest BCUT2D eigenvalue weighted by Gasteiger charge is 2.23. The van der Waals surface area contributed by atoms with Crippen molar-refractivity contribution in [1.82, 2.24) is 5.32 Å². The Morgan fingerprint density at radius 2 is 1.95 bits per heavy atom. The lowest BCUT2D eigenvalue weighted by Gasteiger charge is -2.30. The van der Waals surface area contributed by atoms with E-state index in [2.05, 4.69) is 25.2 Å². The molecule has 0 saturated carbocycles. The third-order valence-electron chi connectivity index (χ3n) is 4.09. The van der Waals surface area contributed by atoms with E-state index in [9.17, 15) is 0 Å². The fourth-order valence-electron chi connectivity index (χ4n) is 3.01. The lowest BCUT2D eigenvalue weighted by Crippen LogP contribution is -2.43. The van der Waals surface area contributed by atoms with E-state index < -0.39 is 0 Å². The van der Waals surface area contributed by atoms with Gasteiger partial charge in [0.1, 0.15) is 0 Å². The van der Waals surface area contributed by atoms with Crippen molar-refractivity contribution in [3.63, 3.8) is 0 Å². The predicted molar refractivity (Wildman–Crippen MR) is 83.6 cm³/mol. The molecule has 0 aromatic rings. The minimum absolute atomic E-state index is 0.335. The molecule has 2 heteroatoms. The number of hydrogen-bond donors (Lipinski definition) is 1. The van der Waals surface area contributed by atoms with Crippen LogP contribution in [-0.2, 0) is 4.74 Å². The quantitative estimate of drug-likeness (QED) is 0.656. The topological polar surface area (TPSA) is 21.3 Å². The van der Waals surface area contributed by atoms with Crippen LogP contribution in [0.4, 0.5) is 0 Å². The van der Waals surface area contributed by atoms with Crippen molar-refractivity contribution in [1.29, 1.82) is 0 Å². The van der Waals surface area contributed by atoms with Crippen molar-refractivity contribution in [3.05, 3.63) is 11.6 Å². The van der Waals surface area contributed by atoms with Crippen LogP contribution in [0.5, 0.6) is 0 Å². The SMILES string of the molecule is CCCNC(C1=CCCCCCC1)C(CCC)OC. The highest BCUT2D eigenvalue weighted by atomic mass is 16.5. The van der Waals surface area contributed by atoms with Crippen LogP contribution in [-0.4, -0.2) is 25.8 Å². The Balaban J connectivity index is 2.73. The number of allylic oxidation sites excluding steroid dienone is 1. The Morgan fingerprint density at radius 3 is 2.63 bits per heavy atom. The summed E-state index contributed by atoms with van der Waals surface area (Å²) in [5.74, 6) is 0. The molecular formula is C17H33NO. The summed E-state index contributed by atoms with van der Waals surface area (Å²) in [6, 6.07) is 0.433. The molecule has 2 unspecified atom stereocenters. The first-order valence-corrected chi connectivity index (χ1v) is 8.28. The van der Waals surface area contributed by atoms with Gasteiger partial charge < -0.3 is 10.1 Å². The molecular weight excluding hydrogens is 234 g/mol. The normalized spacial score (nSPS) is 20.3. The molecule has 0 bridgehead atoms. The molecule has 0 aliphatic heterocycles. The summed E-state index contributed by atoms with van der Waals surface area (Å²) < 4.78 is 5.77. The summed E-state index contributed by atoms with van der Waals surface area (Å²) in [5.41, 5.74) is 1.61. The van der Waals surface area contributed by atoms with Crippen molar-refractivity contribution < 1.29 is 4.74 Å². The van der Waals surface area contributed by atoms with Crippen LogP contribution < -0.4 is 5.32 Å². The first-order chi connectivity index (χ1) is 9.33. The molecule has 0 spiro atoms. The van der Waals surface area contributed by atoms with E-state index >= 15 is 0 Å². The maximum absolute atomic E-state index is 5.77. The maximum atomic E-state index is 5.77. The van der Waals surface area contributed by atoms with Crippen LogP contribution in [0.15, 0.2) is 11.6 Å². The second-order valence-corrected chi connectivity index (χ2v) is 5.73. The van der Waals surface area contributed by atoms with Crippen molar-refractivity contribution in [3.8, 4) is 0 Å². The molecule has 0 amide bonds. The molecule has 2 atom stereocenters. The molecule has 0 aromatic heterocycles. The average Bonchev–Trinajstić information content (AvgIpc) is 2.39. The Morgan fingerprint density at radius 1 is 1.16 bits per heavy atom. The van der Waals surface area contributed by atoms with Gasteiger partial charge in [0.2, 0.25) is 0 Å². The predicted octanol–water partition coefficient (Wildman–Crippen LogP) is 4.45. The van der Waals surface area contributed by atoms with Crippen LogP contribution in [0, 0.1) is 0 Å². The Bertz CT molecular complexity index is 250. The highest BCUT2D eigenvalue weighted by molar-refractivity contribution is 5.14. The number of hydrogen-bond acceptors (Lipinski definition) is 2. The molecule has 1 rings (SSSR count). The van der Waals surface area contributed by atoms with Gasteiger partial charge in [-0.25, -0.2) is 0 Å². The standard InChI is InChI=1S/C17H33NO/c1-4-11-16(19-3)17(18-14-5-2)15-12-9-7-6-8-10-13-15/h12,16-18H,4-11,13-14H2,1-3H3. The molecule has 0 radical (unpaired) electrons. The van der Waals surface area contributed by atoms with Crippen molar-refractivity contribution >= 4 is 0 Å². The molecule has 0 heterocycles. The van der Waals surface area contributed by atoms with E-state index in [4.69, 9.17) is 4.74 Å². The van der Waals surface area contributed by atoms with Gasteiger partial charge >= 0.3 is 0 Å². The number of methoxy groups -OCH3 is 1. The molecule has 19 heavy (non-hydrogen) atoms. The molecule has 112 valence electrons. The van der Waals surface area contributed by atoms with E-state index in [1.165, 1.54) is 51.4 Å². The monoisotopic (exact) mass is 267 g/mol. The van der Waals surface area contributed by atoms with Gasteiger partial charge in [0.15, 0.2) is 0 Å². The van der Waals surface area contributed by atoms with Crippen molar-refractivity contribution in [2.45, 2.75) is 83.8 Å². The minimum atomic E-state index is 0.335. The minimum Gasteiger partial charge on any atom is -0.379 e. The summed E-state index contributed by atoms with van der Waals surface area (Å²) in [7, 11) is 1.87. The van der Waals surface area contributed by atoms with Crippen LogP contribution in [0.3, 0.4) is 0 Å². The molecule has 0 saturated heterocycles. The number of rotatable bonds is 8. The summed E-state index contributed by atoms with van der Waals surface area (Å²) in [6.07, 6.45) is 14.4. The first-order valence-electron chi connectivity index (χ1n) is 8.28. The van der Waals surface area contributed by atoms with Crippen LogP contribution >= 0.6 is 0 Å². The highest BCUT2D eigenvalue weighted by Crippen LogP contribution is 2.23. The largest absolute Gasteiger partial charge is 0.379 e. The van der Waals surface area contributed by atoms with Gasteiger partial charge in [0.25, 0.3) is 0 Å². The second kappa shape index (κ2) is 10.4. The smallest absolute Gasteiger partial charge is 0.0762 e. The Kier molecular flexibility index (Phi) is 9.19. The molecule has 1 aliphatic rings. The van der Waals surface area contributed by atoms with Crippen molar-refractivity contribution in [2.24, 2.45) is 0 Å². The van der Waals surface area contributed by atoms with Crippen LogP contribution in [0.1, 0.15) is 71.6 Å². The van der Waals surface area contributed by atoms with Gasteiger partial charge in [-0.3, -0.25) is 0 Å². The van der Waals surface area contributed by atoms with Gasteiger partial charge in [0, 0.05) is 7.11 Å². The summed E-state index contributed by atoms with van der Waals surface area (Å²) in [6.45, 7) is 5.57. The third kappa shape index (κ3) is 6.09. The number of ether oxygens (including phenoxy) is 1. The Hall–Kier alpha value is -0.340. The summed E-state index contributed by atoms with van der Waals surface area (Å²) in [5, 5.41) is 3.73. The lowest BCUT2D eigenvalue weighted by molar-refractivity contribution is 0.0700. The Labute approximate surface area is 120 Å². The summed E-state index contributed by atoms with van der Waals surface area (Å²) >= 11 is 0. The van der Waals surface area contributed by atoms with Crippen molar-refractivity contribution in [2.75, 3.05) is 13.7 Å². The van der Waals surface area contributed by atoms with Crippen LogP contribution in [0.25, 0.3) is 0 Å². The van der Waals surface area contributed by atoms with E-state index in [1.54, 1.807) is 5.57 Å². The van der Waals surface area contributed by atoms with E-state index in [-0.39, 0.29) is 0 Å². The molecule has 2 nitrogen and oxygen atoms in total. The van der Waals surface area contributed by atoms with Gasteiger partial charge in [-0.05, 0) is 45.1 Å². The molecule has 1 aliphatic carbocycles. The van der Waals surface area contributed by atoms with Gasteiger partial charge in [-0.15, -0.1) is 0 Å². The van der Waals surface area contributed by atoms with E-state index in [0.717, 1.165) is 13.0 Å². The first kappa shape index (κ1) is 16.7. The second-order valence-electron chi connectivity index (χ2n) is 5.73. The summed E-state index contributed by atoms with van der Waals surface area (Å²) in [4.78, 5) is 0. The van der Waals surface area contributed by atoms with E-state index in [1.807, 2.05) is 7.11 Å². The fourth-order valence-corrected chi connectivity index (χ4v) is 3.01. The average molecular weight is 267 g/mol. The molecule has 1 N–H and O–H groups in total. The van der Waals surface area contributed by atoms with Crippen LogP contribution in [0.2, 0.25) is 0 Å². The van der Waals surface area contributed by atoms with Gasteiger partial charge in [-0.1, -0.05) is 44.8 Å². The molecule has 0 fully saturated rings. The maximum Gasteiger partial charge on any atom is 0.0762 e. The third-order valence-corrected chi connectivity index (χ3v) is 4.09. The van der Waals surface area contributed by atoms with Gasteiger partial charge in [-0.2, -0.15) is 0 Å². The zero-order valence-electron chi connectivity index (χ0n) is 13.2. The zero-order valence-corrected chi connectivity index (χ0v) is 13.2. The van der Waals surface area contributed by atoms with Gasteiger partial charge in [0.05, 0.1) is 12.1 Å². The molecule has 0 aromatic carbocycles. The lowest BCUT2D eigenvalue weighted by atomic mass is 9.90. The number of nitrogens with one attached hydrogen (secondary N) is 1. The van der Waals surface area contributed by atoms with E-state index in [0.29, 0.717) is 12.1 Å². The fraction of sp³-hybridized carbons (Fsp3) is 0.882.